The number of rotatable bonds is 6. The molecule has 3 rings (SSSR count). The maximum absolute atomic E-state index is 10.3. The number of aromatic nitrogens is 2. The summed E-state index contributed by atoms with van der Waals surface area (Å²) in [5.74, 6) is 1.27. The van der Waals surface area contributed by atoms with E-state index in [1.54, 1.807) is 6.92 Å². The van der Waals surface area contributed by atoms with Crippen molar-refractivity contribution in [1.82, 2.24) is 9.55 Å². The largest absolute Gasteiger partial charge is 0.491 e. The number of para-hydroxylation sites is 3. The molecule has 0 unspecified atom stereocenters. The normalized spacial score (nSPS) is 13.9. The van der Waals surface area contributed by atoms with Crippen molar-refractivity contribution >= 4 is 11.0 Å². The van der Waals surface area contributed by atoms with Gasteiger partial charge in [-0.1, -0.05) is 30.3 Å². The van der Waals surface area contributed by atoms with Crippen LogP contribution in [0.1, 0.15) is 18.9 Å². The lowest BCUT2D eigenvalue weighted by Gasteiger charge is -2.16. The van der Waals surface area contributed by atoms with Crippen molar-refractivity contribution < 1.29 is 14.9 Å². The van der Waals surface area contributed by atoms with Crippen LogP contribution in [0.2, 0.25) is 0 Å². The van der Waals surface area contributed by atoms with Crippen LogP contribution in [0.3, 0.4) is 0 Å². The molecule has 0 saturated heterocycles. The van der Waals surface area contributed by atoms with E-state index in [9.17, 15) is 10.2 Å². The van der Waals surface area contributed by atoms with Gasteiger partial charge in [0.25, 0.3) is 0 Å². The Morgan fingerprint density at radius 3 is 2.48 bits per heavy atom. The Labute approximate surface area is 134 Å². The molecule has 1 heterocycles. The number of imidazole rings is 1. The highest BCUT2D eigenvalue weighted by atomic mass is 16.5. The van der Waals surface area contributed by atoms with E-state index in [1.807, 2.05) is 59.2 Å². The summed E-state index contributed by atoms with van der Waals surface area (Å²) < 4.78 is 7.43. The predicted octanol–water partition coefficient (Wildman–Crippen LogP) is 2.53. The molecule has 0 amide bonds. The fourth-order valence-electron chi connectivity index (χ4n) is 2.58. The molecule has 0 aliphatic heterocycles. The third-order valence-electron chi connectivity index (χ3n) is 3.64. The first kappa shape index (κ1) is 15.5. The van der Waals surface area contributed by atoms with E-state index in [1.165, 1.54) is 0 Å². The Bertz CT molecular complexity index is 768. The van der Waals surface area contributed by atoms with Gasteiger partial charge in [0, 0.05) is 0 Å². The van der Waals surface area contributed by atoms with Gasteiger partial charge in [-0.2, -0.15) is 0 Å². The average molecular weight is 312 g/mol. The topological polar surface area (TPSA) is 67.5 Å². The van der Waals surface area contributed by atoms with E-state index in [-0.39, 0.29) is 6.61 Å². The molecule has 0 radical (unpaired) electrons. The van der Waals surface area contributed by atoms with Crippen molar-refractivity contribution in [2.45, 2.75) is 25.7 Å². The maximum atomic E-state index is 10.3. The van der Waals surface area contributed by atoms with Gasteiger partial charge in [0.1, 0.15) is 30.4 Å². The minimum Gasteiger partial charge on any atom is -0.491 e. The first-order chi connectivity index (χ1) is 11.1. The number of ether oxygens (including phenoxy) is 1. The Hall–Kier alpha value is -2.37. The second-order valence-corrected chi connectivity index (χ2v) is 5.52. The molecule has 0 saturated carbocycles. The molecule has 120 valence electrons. The molecule has 0 bridgehead atoms. The van der Waals surface area contributed by atoms with Crippen LogP contribution < -0.4 is 4.74 Å². The van der Waals surface area contributed by atoms with Crippen molar-refractivity contribution in [3.63, 3.8) is 0 Å². The van der Waals surface area contributed by atoms with E-state index in [0.717, 1.165) is 16.8 Å². The minimum atomic E-state index is -0.704. The highest BCUT2D eigenvalue weighted by Gasteiger charge is 2.17. The van der Waals surface area contributed by atoms with Crippen LogP contribution in [0.5, 0.6) is 5.75 Å². The van der Waals surface area contributed by atoms with Gasteiger partial charge >= 0.3 is 0 Å². The highest BCUT2D eigenvalue weighted by molar-refractivity contribution is 5.76. The minimum absolute atomic E-state index is 0.176. The number of benzene rings is 2. The Kier molecular flexibility index (Phi) is 4.60. The van der Waals surface area contributed by atoms with Crippen LogP contribution in [0.25, 0.3) is 11.0 Å². The molecular formula is C18H20N2O3. The summed E-state index contributed by atoms with van der Waals surface area (Å²) in [7, 11) is 0. The van der Waals surface area contributed by atoms with E-state index >= 15 is 0 Å². The SMILES string of the molecule is C[C@@H](O)c1nc2ccccc2n1C[C@H](O)COc1ccccc1. The monoisotopic (exact) mass is 312 g/mol. The van der Waals surface area contributed by atoms with Crippen molar-refractivity contribution in [3.05, 3.63) is 60.4 Å². The number of hydrogen-bond donors (Lipinski definition) is 2. The summed E-state index contributed by atoms with van der Waals surface area (Å²) in [5.41, 5.74) is 1.70. The van der Waals surface area contributed by atoms with Crippen LogP contribution in [0.4, 0.5) is 0 Å². The standard InChI is InChI=1S/C18H20N2O3/c1-13(21)18-19-16-9-5-6-10-17(16)20(18)11-14(22)12-23-15-7-3-2-4-8-15/h2-10,13-14,21-22H,11-12H2,1H3/t13-,14+/m1/s1. The maximum Gasteiger partial charge on any atom is 0.138 e. The van der Waals surface area contributed by atoms with Gasteiger partial charge < -0.3 is 19.5 Å². The first-order valence-corrected chi connectivity index (χ1v) is 7.64. The zero-order valence-electron chi connectivity index (χ0n) is 13.0. The summed E-state index contributed by atoms with van der Waals surface area (Å²) in [4.78, 5) is 4.44. The Balaban J connectivity index is 1.76. The fourth-order valence-corrected chi connectivity index (χ4v) is 2.58. The smallest absolute Gasteiger partial charge is 0.138 e. The lowest BCUT2D eigenvalue weighted by atomic mass is 10.3. The Morgan fingerprint density at radius 1 is 1.04 bits per heavy atom. The van der Waals surface area contributed by atoms with Crippen LogP contribution in [-0.4, -0.2) is 32.5 Å². The van der Waals surface area contributed by atoms with E-state index in [4.69, 9.17) is 4.74 Å². The molecule has 2 N–H and O–H groups in total. The van der Waals surface area contributed by atoms with Crippen molar-refractivity contribution in [3.8, 4) is 5.75 Å². The third-order valence-corrected chi connectivity index (χ3v) is 3.64. The molecule has 0 spiro atoms. The van der Waals surface area contributed by atoms with E-state index in [0.29, 0.717) is 12.4 Å². The van der Waals surface area contributed by atoms with E-state index in [2.05, 4.69) is 4.98 Å². The zero-order chi connectivity index (χ0) is 16.2. The summed E-state index contributed by atoms with van der Waals surface area (Å²) >= 11 is 0. The van der Waals surface area contributed by atoms with Gasteiger partial charge in [0.05, 0.1) is 17.6 Å². The van der Waals surface area contributed by atoms with Crippen LogP contribution in [0, 0.1) is 0 Å². The number of aliphatic hydroxyl groups excluding tert-OH is 2. The molecule has 2 atom stereocenters. The molecule has 5 nitrogen and oxygen atoms in total. The van der Waals surface area contributed by atoms with E-state index < -0.39 is 12.2 Å². The molecular weight excluding hydrogens is 292 g/mol. The second-order valence-electron chi connectivity index (χ2n) is 5.52. The summed E-state index contributed by atoms with van der Waals surface area (Å²) in [5, 5.41) is 20.2. The van der Waals surface area contributed by atoms with Crippen molar-refractivity contribution in [1.29, 1.82) is 0 Å². The molecule has 0 aliphatic carbocycles. The number of fused-ring (bicyclic) bond motifs is 1. The lowest BCUT2D eigenvalue weighted by molar-refractivity contribution is 0.0895. The van der Waals surface area contributed by atoms with Gasteiger partial charge in [0.2, 0.25) is 0 Å². The average Bonchev–Trinajstić information content (AvgIpc) is 2.93. The molecule has 2 aromatic carbocycles. The molecule has 23 heavy (non-hydrogen) atoms. The zero-order valence-corrected chi connectivity index (χ0v) is 13.0. The highest BCUT2D eigenvalue weighted by Crippen LogP contribution is 2.21. The summed E-state index contributed by atoms with van der Waals surface area (Å²) in [6.07, 6.45) is -1.41. The van der Waals surface area contributed by atoms with Gasteiger partial charge in [-0.25, -0.2) is 4.98 Å². The van der Waals surface area contributed by atoms with Crippen LogP contribution in [0.15, 0.2) is 54.6 Å². The van der Waals surface area contributed by atoms with Crippen LogP contribution in [-0.2, 0) is 6.54 Å². The van der Waals surface area contributed by atoms with Crippen molar-refractivity contribution in [2.24, 2.45) is 0 Å². The van der Waals surface area contributed by atoms with Gasteiger partial charge in [-0.3, -0.25) is 0 Å². The molecule has 5 heteroatoms. The van der Waals surface area contributed by atoms with Crippen molar-refractivity contribution in [2.75, 3.05) is 6.61 Å². The number of hydrogen-bond acceptors (Lipinski definition) is 4. The molecule has 3 aromatic rings. The lowest BCUT2D eigenvalue weighted by Crippen LogP contribution is -2.25. The number of aliphatic hydroxyl groups is 2. The number of nitrogens with zero attached hydrogens (tertiary/aromatic N) is 2. The fraction of sp³-hybridized carbons (Fsp3) is 0.278. The first-order valence-electron chi connectivity index (χ1n) is 7.64. The van der Waals surface area contributed by atoms with Crippen LogP contribution >= 0.6 is 0 Å². The summed E-state index contributed by atoms with van der Waals surface area (Å²) in [6.45, 7) is 2.16. The van der Waals surface area contributed by atoms with Gasteiger partial charge in [-0.15, -0.1) is 0 Å². The van der Waals surface area contributed by atoms with Gasteiger partial charge in [-0.05, 0) is 31.2 Å². The third kappa shape index (κ3) is 3.52. The predicted molar refractivity (Wildman–Crippen MR) is 88.3 cm³/mol. The van der Waals surface area contributed by atoms with Gasteiger partial charge in [0.15, 0.2) is 0 Å². The second kappa shape index (κ2) is 6.81. The Morgan fingerprint density at radius 2 is 1.74 bits per heavy atom. The quantitative estimate of drug-likeness (QED) is 0.734. The molecule has 0 fully saturated rings. The molecule has 1 aromatic heterocycles. The summed E-state index contributed by atoms with van der Waals surface area (Å²) in [6, 6.07) is 17.0. The molecule has 0 aliphatic rings.